The predicted molar refractivity (Wildman–Crippen MR) is 124 cm³/mol. The minimum Gasteiger partial charge on any atom is -0.487 e. The molecular weight excluding hydrogens is 372 g/mol. The number of carbonyl (C=O) groups is 1. The maximum absolute atomic E-state index is 12.5. The number of nitrogens with zero attached hydrogens (tertiary/aromatic N) is 1. The number of carbonyl (C=O) groups excluding carboxylic acids is 1. The summed E-state index contributed by atoms with van der Waals surface area (Å²) in [4.78, 5) is 17.2. The maximum Gasteiger partial charge on any atom is 0.224 e. The van der Waals surface area contributed by atoms with Crippen molar-refractivity contribution in [1.29, 1.82) is 0 Å². The smallest absolute Gasteiger partial charge is 0.224 e. The van der Waals surface area contributed by atoms with E-state index < -0.39 is 0 Å². The minimum atomic E-state index is 0.0385. The first-order valence-corrected chi connectivity index (χ1v) is 10.7. The van der Waals surface area contributed by atoms with Crippen molar-refractivity contribution in [2.45, 2.75) is 60.5 Å². The molecule has 1 amide bonds. The molecule has 3 aromatic rings. The molecule has 0 aliphatic rings. The van der Waals surface area contributed by atoms with E-state index in [1.54, 1.807) is 0 Å². The number of aromatic nitrogens is 1. The number of fused-ring (bicyclic) bond motifs is 1. The second-order valence-corrected chi connectivity index (χ2v) is 8.49. The third kappa shape index (κ3) is 5.38. The molecule has 0 aliphatic heterocycles. The number of hydrogen-bond donors (Lipinski definition) is 1. The Morgan fingerprint density at radius 3 is 2.50 bits per heavy atom. The van der Waals surface area contributed by atoms with Crippen LogP contribution in [-0.4, -0.2) is 10.9 Å². The van der Waals surface area contributed by atoms with E-state index in [4.69, 9.17) is 9.72 Å². The predicted octanol–water partition coefficient (Wildman–Crippen LogP) is 6.59. The van der Waals surface area contributed by atoms with Crippen LogP contribution in [0.15, 0.2) is 48.5 Å². The molecule has 4 nitrogen and oxygen atoms in total. The van der Waals surface area contributed by atoms with Crippen LogP contribution >= 0.6 is 0 Å². The number of rotatable bonds is 8. The maximum atomic E-state index is 12.5. The molecule has 0 fully saturated rings. The number of anilines is 1. The van der Waals surface area contributed by atoms with Gasteiger partial charge in [0.25, 0.3) is 0 Å². The first kappa shape index (κ1) is 21.8. The van der Waals surface area contributed by atoms with E-state index in [1.807, 2.05) is 30.3 Å². The van der Waals surface area contributed by atoms with Gasteiger partial charge in [0.05, 0.1) is 11.2 Å². The van der Waals surface area contributed by atoms with Gasteiger partial charge < -0.3 is 10.1 Å². The van der Waals surface area contributed by atoms with Crippen LogP contribution in [0.4, 0.5) is 5.69 Å². The summed E-state index contributed by atoms with van der Waals surface area (Å²) < 4.78 is 5.95. The van der Waals surface area contributed by atoms with Crippen LogP contribution < -0.4 is 10.1 Å². The molecule has 1 aromatic heterocycles. The molecule has 0 bridgehead atoms. The Labute approximate surface area is 179 Å². The Kier molecular flexibility index (Phi) is 6.76. The highest BCUT2D eigenvalue weighted by Crippen LogP contribution is 2.30. The fourth-order valence-electron chi connectivity index (χ4n) is 3.43. The zero-order chi connectivity index (χ0) is 21.7. The van der Waals surface area contributed by atoms with Crippen LogP contribution in [-0.2, 0) is 11.4 Å². The molecule has 2 aromatic carbocycles. The van der Waals surface area contributed by atoms with Gasteiger partial charge in [0.15, 0.2) is 0 Å². The second-order valence-electron chi connectivity index (χ2n) is 8.49. The van der Waals surface area contributed by atoms with E-state index in [9.17, 15) is 4.79 Å². The Morgan fingerprint density at radius 1 is 1.03 bits per heavy atom. The Bertz CT molecular complexity index is 1040. The summed E-state index contributed by atoms with van der Waals surface area (Å²) in [7, 11) is 0. The van der Waals surface area contributed by atoms with Gasteiger partial charge in [0.2, 0.25) is 5.91 Å². The molecule has 4 heteroatoms. The third-order valence-corrected chi connectivity index (χ3v) is 6.16. The van der Waals surface area contributed by atoms with Gasteiger partial charge in [0, 0.05) is 23.6 Å². The lowest BCUT2D eigenvalue weighted by atomic mass is 9.81. The molecule has 0 spiro atoms. The lowest BCUT2D eigenvalue weighted by molar-refractivity contribution is -0.118. The number of nitrogens with one attached hydrogen (secondary N) is 1. The summed E-state index contributed by atoms with van der Waals surface area (Å²) in [5, 5.41) is 4.14. The second kappa shape index (κ2) is 9.29. The van der Waals surface area contributed by atoms with E-state index in [-0.39, 0.29) is 11.3 Å². The van der Waals surface area contributed by atoms with Crippen LogP contribution in [0.3, 0.4) is 0 Å². The SMILES string of the molecule is CCC(C)(CC)CC(=O)Nc1cccc(OCc2ccc3cc(C)c(C)cc3n2)c1. The first-order chi connectivity index (χ1) is 14.3. The molecule has 0 unspecified atom stereocenters. The summed E-state index contributed by atoms with van der Waals surface area (Å²) in [6.07, 6.45) is 2.49. The lowest BCUT2D eigenvalue weighted by Gasteiger charge is -2.25. The monoisotopic (exact) mass is 404 g/mol. The summed E-state index contributed by atoms with van der Waals surface area (Å²) >= 11 is 0. The van der Waals surface area contributed by atoms with Crippen molar-refractivity contribution in [2.75, 3.05) is 5.32 Å². The molecule has 0 saturated heterocycles. The van der Waals surface area contributed by atoms with Crippen molar-refractivity contribution in [3.63, 3.8) is 0 Å². The van der Waals surface area contributed by atoms with Gasteiger partial charge in [-0.15, -0.1) is 0 Å². The van der Waals surface area contributed by atoms with Gasteiger partial charge in [-0.3, -0.25) is 4.79 Å². The summed E-state index contributed by atoms with van der Waals surface area (Å²) in [5.74, 6) is 0.753. The number of pyridine rings is 1. The summed E-state index contributed by atoms with van der Waals surface area (Å²) in [6, 6.07) is 15.9. The quantitative estimate of drug-likeness (QED) is 0.461. The molecule has 0 aliphatic carbocycles. The molecule has 0 radical (unpaired) electrons. The van der Waals surface area contributed by atoms with Gasteiger partial charge >= 0.3 is 0 Å². The zero-order valence-electron chi connectivity index (χ0n) is 18.7. The topological polar surface area (TPSA) is 51.2 Å². The highest BCUT2D eigenvalue weighted by molar-refractivity contribution is 5.91. The molecular formula is C26H32N2O2. The number of hydrogen-bond acceptors (Lipinski definition) is 3. The zero-order valence-corrected chi connectivity index (χ0v) is 18.7. The fourth-order valence-corrected chi connectivity index (χ4v) is 3.43. The van der Waals surface area contributed by atoms with Gasteiger partial charge in [-0.2, -0.15) is 0 Å². The van der Waals surface area contributed by atoms with Crippen LogP contribution in [0.2, 0.25) is 0 Å². The number of aryl methyl sites for hydroxylation is 2. The fraction of sp³-hybridized carbons (Fsp3) is 0.385. The summed E-state index contributed by atoms with van der Waals surface area (Å²) in [6.45, 7) is 11.0. The average Bonchev–Trinajstić information content (AvgIpc) is 2.73. The van der Waals surface area contributed by atoms with Gasteiger partial charge in [0.1, 0.15) is 12.4 Å². The highest BCUT2D eigenvalue weighted by Gasteiger charge is 2.23. The van der Waals surface area contributed by atoms with E-state index >= 15 is 0 Å². The number of benzene rings is 2. The molecule has 0 saturated carbocycles. The molecule has 1 heterocycles. The molecule has 30 heavy (non-hydrogen) atoms. The van der Waals surface area contributed by atoms with Crippen LogP contribution in [0.1, 0.15) is 56.9 Å². The highest BCUT2D eigenvalue weighted by atomic mass is 16.5. The van der Waals surface area contributed by atoms with Gasteiger partial charge in [-0.1, -0.05) is 45.7 Å². The van der Waals surface area contributed by atoms with E-state index in [0.717, 1.165) is 35.1 Å². The van der Waals surface area contributed by atoms with Crippen molar-refractivity contribution in [3.05, 3.63) is 65.4 Å². The molecule has 3 rings (SSSR count). The first-order valence-electron chi connectivity index (χ1n) is 10.7. The van der Waals surface area contributed by atoms with Crippen LogP contribution in [0.25, 0.3) is 10.9 Å². The third-order valence-electron chi connectivity index (χ3n) is 6.16. The van der Waals surface area contributed by atoms with Crippen molar-refractivity contribution in [2.24, 2.45) is 5.41 Å². The van der Waals surface area contributed by atoms with Crippen molar-refractivity contribution < 1.29 is 9.53 Å². The van der Waals surface area contributed by atoms with Gasteiger partial charge in [-0.25, -0.2) is 4.98 Å². The van der Waals surface area contributed by atoms with Crippen LogP contribution in [0, 0.1) is 19.3 Å². The summed E-state index contributed by atoms with van der Waals surface area (Å²) in [5.41, 5.74) is 5.15. The Hall–Kier alpha value is -2.88. The van der Waals surface area contributed by atoms with E-state index in [0.29, 0.717) is 18.8 Å². The van der Waals surface area contributed by atoms with Gasteiger partial charge in [-0.05, 0) is 60.7 Å². The number of amides is 1. The standard InChI is InChI=1S/C26H32N2O2/c1-6-26(5,7-2)16-25(29)28-21-9-8-10-23(15-21)30-17-22-12-11-20-13-18(3)19(4)14-24(20)27-22/h8-15H,6-7,16-17H2,1-5H3,(H,28,29). The molecule has 1 N–H and O–H groups in total. The minimum absolute atomic E-state index is 0.0385. The number of ether oxygens (including phenoxy) is 1. The normalized spacial score (nSPS) is 11.5. The van der Waals surface area contributed by atoms with Crippen molar-refractivity contribution >= 4 is 22.5 Å². The lowest BCUT2D eigenvalue weighted by Crippen LogP contribution is -2.23. The Morgan fingerprint density at radius 2 is 1.77 bits per heavy atom. The molecule has 158 valence electrons. The largest absolute Gasteiger partial charge is 0.487 e. The molecule has 0 atom stereocenters. The van der Waals surface area contributed by atoms with Crippen LogP contribution in [0.5, 0.6) is 5.75 Å². The van der Waals surface area contributed by atoms with Crippen molar-refractivity contribution in [3.8, 4) is 5.75 Å². The van der Waals surface area contributed by atoms with Crippen molar-refractivity contribution in [1.82, 2.24) is 4.98 Å². The Balaban J connectivity index is 1.65. The van der Waals surface area contributed by atoms with E-state index in [1.165, 1.54) is 11.1 Å². The average molecular weight is 405 g/mol. The van der Waals surface area contributed by atoms with E-state index in [2.05, 4.69) is 58.1 Å².